The van der Waals surface area contributed by atoms with Gasteiger partial charge < -0.3 is 53.8 Å². The second-order valence-corrected chi connectivity index (χ2v) is 10.0. The minimum atomic E-state index is -1.50. The van der Waals surface area contributed by atoms with Crippen molar-refractivity contribution < 1.29 is 48.9 Å². The summed E-state index contributed by atoms with van der Waals surface area (Å²) in [4.78, 5) is 89.2. The van der Waals surface area contributed by atoms with Crippen LogP contribution in [0.4, 0.5) is 0 Å². The standard InChI is InChI=1S/C27H40N8O10/c1-14(32-23(41)16(28)13-21(38)39)22(40)33-17(9-10-20(36)37)24(42)35-19(12-15-6-3-2-4-7-15)25(43)34-18(26(44)45)8-5-11-31-27(29)30/h2-4,6-7,14,16-19H,5,8-13,28H2,1H3,(H,32,41)(H,33,40)(H,34,43)(H,35,42)(H,36,37)(H,38,39)(H,44,45)(H4,29,30,31)/t14-,16+,17+,18+,19+/m1/s1. The van der Waals surface area contributed by atoms with Crippen LogP contribution in [-0.4, -0.2) is 99.6 Å². The van der Waals surface area contributed by atoms with Gasteiger partial charge >= 0.3 is 17.9 Å². The summed E-state index contributed by atoms with van der Waals surface area (Å²) in [6, 6.07) is 1.45. The minimum absolute atomic E-state index is 0.0408. The largest absolute Gasteiger partial charge is 0.481 e. The topological polar surface area (TPSA) is 319 Å². The Balaban J connectivity index is 3.13. The van der Waals surface area contributed by atoms with Gasteiger partial charge in [0.05, 0.1) is 12.5 Å². The number of aliphatic carboxylic acids is 3. The van der Waals surface area contributed by atoms with Gasteiger partial charge in [0.1, 0.15) is 24.2 Å². The highest BCUT2D eigenvalue weighted by Gasteiger charge is 2.31. The van der Waals surface area contributed by atoms with Crippen LogP contribution in [-0.2, 0) is 40.0 Å². The van der Waals surface area contributed by atoms with E-state index >= 15 is 0 Å². The Morgan fingerprint density at radius 3 is 1.89 bits per heavy atom. The van der Waals surface area contributed by atoms with Crippen molar-refractivity contribution >= 4 is 47.5 Å². The normalized spacial score (nSPS) is 13.9. The molecule has 0 bridgehead atoms. The lowest BCUT2D eigenvalue weighted by molar-refractivity contribution is -0.142. The van der Waals surface area contributed by atoms with E-state index in [1.165, 1.54) is 6.92 Å². The molecule has 0 fully saturated rings. The summed E-state index contributed by atoms with van der Waals surface area (Å²) in [6.07, 6.45) is -1.59. The molecule has 0 aromatic heterocycles. The fourth-order valence-electron chi connectivity index (χ4n) is 3.86. The molecule has 0 spiro atoms. The summed E-state index contributed by atoms with van der Waals surface area (Å²) < 4.78 is 0. The lowest BCUT2D eigenvalue weighted by Gasteiger charge is -2.25. The number of hydrogen-bond acceptors (Lipinski definition) is 9. The molecule has 5 atom stereocenters. The Labute approximate surface area is 258 Å². The first-order chi connectivity index (χ1) is 21.1. The maximum atomic E-state index is 13.3. The molecule has 13 N–H and O–H groups in total. The lowest BCUT2D eigenvalue weighted by Crippen LogP contribution is -2.58. The smallest absolute Gasteiger partial charge is 0.326 e. The number of rotatable bonds is 20. The molecular weight excluding hydrogens is 596 g/mol. The number of aliphatic imine (C=N–C) groups is 1. The Morgan fingerprint density at radius 2 is 1.33 bits per heavy atom. The first kappa shape index (κ1) is 37.8. The molecule has 18 nitrogen and oxygen atoms in total. The number of carboxylic acid groups (broad SMARTS) is 3. The van der Waals surface area contributed by atoms with Crippen molar-refractivity contribution in [3.63, 3.8) is 0 Å². The van der Waals surface area contributed by atoms with E-state index in [9.17, 15) is 38.7 Å². The van der Waals surface area contributed by atoms with Crippen molar-refractivity contribution in [1.29, 1.82) is 0 Å². The van der Waals surface area contributed by atoms with E-state index in [1.54, 1.807) is 30.3 Å². The van der Waals surface area contributed by atoms with Gasteiger partial charge in [-0.15, -0.1) is 0 Å². The van der Waals surface area contributed by atoms with Crippen LogP contribution in [0, 0.1) is 0 Å². The van der Waals surface area contributed by atoms with Gasteiger partial charge in [-0.05, 0) is 31.7 Å². The van der Waals surface area contributed by atoms with Gasteiger partial charge in [-0.2, -0.15) is 0 Å². The molecule has 18 heteroatoms. The molecule has 0 saturated heterocycles. The molecule has 4 amide bonds. The fourth-order valence-corrected chi connectivity index (χ4v) is 3.86. The second kappa shape index (κ2) is 19.1. The van der Waals surface area contributed by atoms with Gasteiger partial charge in [0.25, 0.3) is 0 Å². The molecule has 1 aromatic carbocycles. The molecule has 1 aromatic rings. The molecule has 0 aliphatic carbocycles. The summed E-state index contributed by atoms with van der Waals surface area (Å²) in [5, 5.41) is 37.0. The zero-order chi connectivity index (χ0) is 34.1. The maximum Gasteiger partial charge on any atom is 0.326 e. The van der Waals surface area contributed by atoms with Crippen molar-refractivity contribution in [3.05, 3.63) is 35.9 Å². The molecule has 0 heterocycles. The zero-order valence-electron chi connectivity index (χ0n) is 24.6. The van der Waals surface area contributed by atoms with E-state index in [4.69, 9.17) is 27.4 Å². The van der Waals surface area contributed by atoms with E-state index in [0.717, 1.165) is 0 Å². The zero-order valence-corrected chi connectivity index (χ0v) is 24.6. The monoisotopic (exact) mass is 636 g/mol. The highest BCUT2D eigenvalue weighted by molar-refractivity contribution is 5.96. The molecular formula is C27H40N8O10. The van der Waals surface area contributed by atoms with E-state index in [0.29, 0.717) is 5.56 Å². The Hall–Kier alpha value is -5.26. The summed E-state index contributed by atoms with van der Waals surface area (Å²) in [5.74, 6) is -7.84. The van der Waals surface area contributed by atoms with Crippen LogP contribution in [0.5, 0.6) is 0 Å². The molecule has 1 rings (SSSR count). The number of amides is 4. The molecule has 0 aliphatic rings. The predicted octanol–water partition coefficient (Wildman–Crippen LogP) is -3.01. The van der Waals surface area contributed by atoms with Crippen molar-refractivity contribution in [2.75, 3.05) is 6.54 Å². The Morgan fingerprint density at radius 1 is 0.756 bits per heavy atom. The number of hydrogen-bond donors (Lipinski definition) is 10. The summed E-state index contributed by atoms with van der Waals surface area (Å²) >= 11 is 0. The third-order valence-electron chi connectivity index (χ3n) is 6.24. The Kier molecular flexibility index (Phi) is 16.0. The highest BCUT2D eigenvalue weighted by atomic mass is 16.4. The van der Waals surface area contributed by atoms with Crippen LogP contribution >= 0.6 is 0 Å². The van der Waals surface area contributed by atoms with E-state index in [-0.39, 0.29) is 31.8 Å². The van der Waals surface area contributed by atoms with Crippen molar-refractivity contribution in [2.45, 2.75) is 75.7 Å². The van der Waals surface area contributed by atoms with Crippen LogP contribution in [0.3, 0.4) is 0 Å². The lowest BCUT2D eigenvalue weighted by atomic mass is 10.0. The summed E-state index contributed by atoms with van der Waals surface area (Å²) in [5.41, 5.74) is 16.6. The number of carboxylic acids is 3. The van der Waals surface area contributed by atoms with Crippen molar-refractivity contribution in [2.24, 2.45) is 22.2 Å². The van der Waals surface area contributed by atoms with Crippen LogP contribution in [0.25, 0.3) is 0 Å². The molecule has 0 radical (unpaired) electrons. The predicted molar refractivity (Wildman–Crippen MR) is 158 cm³/mol. The first-order valence-corrected chi connectivity index (χ1v) is 13.8. The highest BCUT2D eigenvalue weighted by Crippen LogP contribution is 2.08. The van der Waals surface area contributed by atoms with Gasteiger partial charge in [0.2, 0.25) is 23.6 Å². The number of benzene rings is 1. The minimum Gasteiger partial charge on any atom is -0.481 e. The number of nitrogens with one attached hydrogen (secondary N) is 4. The SMILES string of the molecule is C[C@@H](NC(=O)[C@@H](N)CC(=O)O)C(=O)N[C@@H](CCC(=O)O)C(=O)N[C@@H](Cc1ccccc1)C(=O)N[C@@H](CCCN=C(N)N)C(=O)O. The van der Waals surface area contributed by atoms with Gasteiger partial charge in [-0.25, -0.2) is 4.79 Å². The van der Waals surface area contributed by atoms with Gasteiger partial charge in [0.15, 0.2) is 5.96 Å². The molecule has 45 heavy (non-hydrogen) atoms. The third kappa shape index (κ3) is 15.2. The number of carbonyl (C=O) groups is 7. The summed E-state index contributed by atoms with van der Waals surface area (Å²) in [7, 11) is 0. The van der Waals surface area contributed by atoms with E-state index in [2.05, 4.69) is 26.3 Å². The quantitative estimate of drug-likeness (QED) is 0.0388. The van der Waals surface area contributed by atoms with Gasteiger partial charge in [-0.1, -0.05) is 30.3 Å². The number of nitrogens with zero attached hydrogens (tertiary/aromatic N) is 1. The Bertz CT molecular complexity index is 1240. The first-order valence-electron chi connectivity index (χ1n) is 13.8. The van der Waals surface area contributed by atoms with Crippen molar-refractivity contribution in [3.8, 4) is 0 Å². The number of guanidine groups is 1. The van der Waals surface area contributed by atoms with Crippen LogP contribution in [0.15, 0.2) is 35.3 Å². The van der Waals surface area contributed by atoms with Gasteiger partial charge in [0, 0.05) is 19.4 Å². The van der Waals surface area contributed by atoms with E-state index < -0.39 is 91.0 Å². The number of nitrogens with two attached hydrogens (primary N) is 3. The van der Waals surface area contributed by atoms with Crippen LogP contribution < -0.4 is 38.5 Å². The van der Waals surface area contributed by atoms with Crippen LogP contribution in [0.1, 0.15) is 44.6 Å². The van der Waals surface area contributed by atoms with Crippen molar-refractivity contribution in [1.82, 2.24) is 21.3 Å². The molecule has 0 saturated carbocycles. The average Bonchev–Trinajstić information content (AvgIpc) is 2.95. The maximum absolute atomic E-state index is 13.3. The molecule has 0 aliphatic heterocycles. The average molecular weight is 637 g/mol. The summed E-state index contributed by atoms with van der Waals surface area (Å²) in [6.45, 7) is 1.35. The second-order valence-electron chi connectivity index (χ2n) is 10.0. The fraction of sp³-hybridized carbons (Fsp3) is 0.481. The third-order valence-corrected chi connectivity index (χ3v) is 6.24. The molecule has 248 valence electrons. The van der Waals surface area contributed by atoms with Gasteiger partial charge in [-0.3, -0.25) is 33.8 Å². The van der Waals surface area contributed by atoms with Crippen LogP contribution in [0.2, 0.25) is 0 Å². The number of carbonyl (C=O) groups excluding carboxylic acids is 4. The molecule has 0 unspecified atom stereocenters. The van der Waals surface area contributed by atoms with E-state index in [1.807, 2.05) is 0 Å².